The molecule has 3 rings (SSSR count). The molecule has 1 heterocycles. The Kier molecular flexibility index (Phi) is 8.27. The van der Waals surface area contributed by atoms with Gasteiger partial charge in [0.1, 0.15) is 12.0 Å². The van der Waals surface area contributed by atoms with Gasteiger partial charge in [0.05, 0.1) is 32.6 Å². The summed E-state index contributed by atoms with van der Waals surface area (Å²) in [5.41, 5.74) is 2.06. The van der Waals surface area contributed by atoms with Crippen LogP contribution in [0.3, 0.4) is 0 Å². The molecule has 0 N–H and O–H groups in total. The minimum Gasteiger partial charge on any atom is -0.496 e. The van der Waals surface area contributed by atoms with Crippen molar-refractivity contribution < 1.29 is 23.4 Å². The van der Waals surface area contributed by atoms with Gasteiger partial charge < -0.3 is 18.6 Å². The van der Waals surface area contributed by atoms with Crippen LogP contribution in [0, 0.1) is 0 Å². The van der Waals surface area contributed by atoms with Crippen LogP contribution >= 0.6 is 0 Å². The zero-order valence-corrected chi connectivity index (χ0v) is 17.5. The van der Waals surface area contributed by atoms with E-state index in [2.05, 4.69) is 4.98 Å². The quantitative estimate of drug-likeness (QED) is 0.486. The smallest absolute Gasteiger partial charge is 0.226 e. The number of benzene rings is 2. The predicted octanol–water partition coefficient (Wildman–Crippen LogP) is 5.21. The number of ether oxygens (including phenoxy) is 3. The molecule has 0 radical (unpaired) electrons. The molecule has 0 fully saturated rings. The number of rotatable bonds is 8. The van der Waals surface area contributed by atoms with E-state index < -0.39 is 0 Å². The van der Waals surface area contributed by atoms with Crippen LogP contribution in [0.1, 0.15) is 36.3 Å². The van der Waals surface area contributed by atoms with Gasteiger partial charge in [0.25, 0.3) is 0 Å². The maximum atomic E-state index is 12.5. The highest BCUT2D eigenvalue weighted by Crippen LogP contribution is 2.32. The van der Waals surface area contributed by atoms with Crippen LogP contribution in [0.2, 0.25) is 0 Å². The minimum atomic E-state index is 0.00289. The first kappa shape index (κ1) is 22.0. The molecule has 0 amide bonds. The van der Waals surface area contributed by atoms with E-state index in [0.717, 1.165) is 5.56 Å². The van der Waals surface area contributed by atoms with Crippen molar-refractivity contribution in [2.24, 2.45) is 0 Å². The number of aromatic nitrogens is 1. The normalized spacial score (nSPS) is 9.97. The zero-order chi connectivity index (χ0) is 21.2. The van der Waals surface area contributed by atoms with Crippen LogP contribution < -0.4 is 14.2 Å². The van der Waals surface area contributed by atoms with Gasteiger partial charge in [-0.05, 0) is 30.3 Å². The van der Waals surface area contributed by atoms with Crippen molar-refractivity contribution in [3.8, 4) is 28.7 Å². The fourth-order valence-electron chi connectivity index (χ4n) is 2.77. The summed E-state index contributed by atoms with van der Waals surface area (Å²) in [4.78, 5) is 16.9. The van der Waals surface area contributed by atoms with E-state index >= 15 is 0 Å². The molecule has 1 aromatic heterocycles. The number of carbonyl (C=O) groups is 1. The predicted molar refractivity (Wildman–Crippen MR) is 112 cm³/mol. The fraction of sp³-hybridized carbons (Fsp3) is 0.304. The Morgan fingerprint density at radius 1 is 0.931 bits per heavy atom. The van der Waals surface area contributed by atoms with Crippen LogP contribution in [-0.4, -0.2) is 32.1 Å². The molecule has 0 bridgehead atoms. The van der Waals surface area contributed by atoms with Crippen molar-refractivity contribution in [2.45, 2.75) is 26.7 Å². The highest BCUT2D eigenvalue weighted by atomic mass is 16.5. The second-order valence-corrected chi connectivity index (χ2v) is 5.84. The molecule has 6 nitrogen and oxygen atoms in total. The molecular formula is C23H27NO5. The first-order valence-corrected chi connectivity index (χ1v) is 9.49. The van der Waals surface area contributed by atoms with Gasteiger partial charge in [0.15, 0.2) is 17.3 Å². The molecule has 0 aliphatic rings. The van der Waals surface area contributed by atoms with Gasteiger partial charge in [-0.1, -0.05) is 26.0 Å². The standard InChI is InChI=1S/C21H21NO5.C2H6/c1-24-18-7-5-4-6-16(18)17(23)10-9-15-13-27-21(22-15)14-8-11-19(25-2)20(12-14)26-3;1-2/h4-8,11-13H,9-10H2,1-3H3;1-2H3. The van der Waals surface area contributed by atoms with Crippen molar-refractivity contribution in [3.63, 3.8) is 0 Å². The van der Waals surface area contributed by atoms with Crippen LogP contribution in [0.5, 0.6) is 17.2 Å². The molecule has 0 aliphatic carbocycles. The Morgan fingerprint density at radius 3 is 2.31 bits per heavy atom. The van der Waals surface area contributed by atoms with Gasteiger partial charge in [0, 0.05) is 18.4 Å². The SMILES string of the molecule is CC.COc1ccc(-c2nc(CCC(=O)c3ccccc3OC)co2)cc1OC. The van der Waals surface area contributed by atoms with Crippen molar-refractivity contribution in [1.82, 2.24) is 4.98 Å². The van der Waals surface area contributed by atoms with Gasteiger partial charge in [0.2, 0.25) is 5.89 Å². The number of aryl methyl sites for hydroxylation is 1. The van der Waals surface area contributed by atoms with Gasteiger partial charge >= 0.3 is 0 Å². The third-order valence-corrected chi connectivity index (χ3v) is 4.20. The third kappa shape index (κ3) is 5.38. The summed E-state index contributed by atoms with van der Waals surface area (Å²) in [6.45, 7) is 4.00. The van der Waals surface area contributed by atoms with E-state index in [-0.39, 0.29) is 5.78 Å². The molecule has 0 aliphatic heterocycles. The average Bonchev–Trinajstić information content (AvgIpc) is 3.27. The summed E-state index contributed by atoms with van der Waals surface area (Å²) in [6, 6.07) is 12.6. The molecule has 0 spiro atoms. The highest BCUT2D eigenvalue weighted by Gasteiger charge is 2.14. The van der Waals surface area contributed by atoms with E-state index in [1.807, 2.05) is 32.0 Å². The Bertz CT molecular complexity index is 933. The molecule has 29 heavy (non-hydrogen) atoms. The largest absolute Gasteiger partial charge is 0.496 e. The second kappa shape index (κ2) is 10.9. The highest BCUT2D eigenvalue weighted by molar-refractivity contribution is 5.98. The van der Waals surface area contributed by atoms with E-state index in [9.17, 15) is 4.79 Å². The Balaban J connectivity index is 0.00000145. The number of methoxy groups -OCH3 is 3. The molecule has 154 valence electrons. The molecule has 2 aromatic carbocycles. The summed E-state index contributed by atoms with van der Waals surface area (Å²) in [6.07, 6.45) is 2.37. The Labute approximate surface area is 171 Å². The summed E-state index contributed by atoms with van der Waals surface area (Å²) >= 11 is 0. The third-order valence-electron chi connectivity index (χ3n) is 4.20. The van der Waals surface area contributed by atoms with Gasteiger partial charge in [-0.2, -0.15) is 0 Å². The van der Waals surface area contributed by atoms with Crippen molar-refractivity contribution >= 4 is 5.78 Å². The first-order valence-electron chi connectivity index (χ1n) is 9.49. The lowest BCUT2D eigenvalue weighted by Gasteiger charge is -2.07. The molecule has 6 heteroatoms. The number of oxazole rings is 1. The number of Topliss-reactive ketones (excluding diaryl/α,β-unsaturated/α-hetero) is 1. The molecule has 0 unspecified atom stereocenters. The van der Waals surface area contributed by atoms with E-state index in [1.165, 1.54) is 0 Å². The number of hydrogen-bond acceptors (Lipinski definition) is 6. The molecule has 0 saturated carbocycles. The van der Waals surface area contributed by atoms with Crippen molar-refractivity contribution in [3.05, 3.63) is 60.0 Å². The summed E-state index contributed by atoms with van der Waals surface area (Å²) < 4.78 is 21.3. The van der Waals surface area contributed by atoms with Crippen molar-refractivity contribution in [1.29, 1.82) is 0 Å². The summed E-state index contributed by atoms with van der Waals surface area (Å²) in [7, 11) is 4.71. The first-order chi connectivity index (χ1) is 14.2. The Hall–Kier alpha value is -3.28. The number of carbonyl (C=O) groups excluding carboxylic acids is 1. The van der Waals surface area contributed by atoms with Crippen LogP contribution in [0.4, 0.5) is 0 Å². The Morgan fingerprint density at radius 2 is 1.62 bits per heavy atom. The van der Waals surface area contributed by atoms with Crippen LogP contribution in [0.25, 0.3) is 11.5 Å². The number of hydrogen-bond donors (Lipinski definition) is 0. The van der Waals surface area contributed by atoms with Crippen LogP contribution in [0.15, 0.2) is 53.1 Å². The second-order valence-electron chi connectivity index (χ2n) is 5.84. The lowest BCUT2D eigenvalue weighted by Crippen LogP contribution is -2.03. The number of nitrogens with zero attached hydrogens (tertiary/aromatic N) is 1. The molecule has 0 saturated heterocycles. The lowest BCUT2D eigenvalue weighted by molar-refractivity contribution is 0.0979. The van der Waals surface area contributed by atoms with E-state index in [1.54, 1.807) is 51.9 Å². The summed E-state index contributed by atoms with van der Waals surface area (Å²) in [5.74, 6) is 2.28. The maximum absolute atomic E-state index is 12.5. The molecular weight excluding hydrogens is 370 g/mol. The molecule has 3 aromatic rings. The zero-order valence-electron chi connectivity index (χ0n) is 17.5. The minimum absolute atomic E-state index is 0.00289. The fourth-order valence-corrected chi connectivity index (χ4v) is 2.77. The summed E-state index contributed by atoms with van der Waals surface area (Å²) in [5, 5.41) is 0. The van der Waals surface area contributed by atoms with E-state index in [0.29, 0.717) is 47.2 Å². The van der Waals surface area contributed by atoms with E-state index in [4.69, 9.17) is 18.6 Å². The monoisotopic (exact) mass is 397 g/mol. The molecule has 0 atom stereocenters. The van der Waals surface area contributed by atoms with Gasteiger partial charge in [-0.15, -0.1) is 0 Å². The van der Waals surface area contributed by atoms with Crippen molar-refractivity contribution in [2.75, 3.05) is 21.3 Å². The topological polar surface area (TPSA) is 70.8 Å². The maximum Gasteiger partial charge on any atom is 0.226 e. The van der Waals surface area contributed by atoms with Gasteiger partial charge in [-0.25, -0.2) is 4.98 Å². The lowest BCUT2D eigenvalue weighted by atomic mass is 10.0. The van der Waals surface area contributed by atoms with Gasteiger partial charge in [-0.3, -0.25) is 4.79 Å². The number of ketones is 1. The van der Waals surface area contributed by atoms with Crippen LogP contribution in [-0.2, 0) is 6.42 Å². The number of para-hydroxylation sites is 1. The average molecular weight is 397 g/mol.